The highest BCUT2D eigenvalue weighted by molar-refractivity contribution is 4.68. The summed E-state index contributed by atoms with van der Waals surface area (Å²) in [5.74, 6) is 0.985. The van der Waals surface area contributed by atoms with E-state index in [0.29, 0.717) is 0 Å². The molecule has 1 saturated heterocycles. The van der Waals surface area contributed by atoms with Gasteiger partial charge in [-0.05, 0) is 58.9 Å². The molecule has 1 fully saturated rings. The van der Waals surface area contributed by atoms with Crippen molar-refractivity contribution < 1.29 is 24.8 Å². The van der Waals surface area contributed by atoms with E-state index in [9.17, 15) is 0 Å². The second-order valence-electron chi connectivity index (χ2n) is 3.79. The van der Waals surface area contributed by atoms with Crippen molar-refractivity contribution in [2.45, 2.75) is 19.3 Å². The van der Waals surface area contributed by atoms with Crippen molar-refractivity contribution in [2.75, 3.05) is 33.7 Å². The van der Waals surface area contributed by atoms with Crippen molar-refractivity contribution in [3.63, 3.8) is 0 Å². The van der Waals surface area contributed by atoms with E-state index in [-0.39, 0.29) is 24.8 Å². The van der Waals surface area contributed by atoms with Gasteiger partial charge in [0.1, 0.15) is 0 Å². The molecule has 0 atom stereocenters. The van der Waals surface area contributed by atoms with Crippen LogP contribution in [0.3, 0.4) is 0 Å². The van der Waals surface area contributed by atoms with Gasteiger partial charge in [-0.3, -0.25) is 0 Å². The Kier molecular flexibility index (Phi) is 11.1. The second kappa shape index (κ2) is 9.07. The highest BCUT2D eigenvalue weighted by Gasteiger charge is 2.12. The molecule has 0 amide bonds. The molecule has 0 bridgehead atoms. The molecule has 0 radical (unpaired) electrons. The minimum Gasteiger partial charge on any atom is -1.00 e. The Labute approximate surface area is 94.3 Å². The summed E-state index contributed by atoms with van der Waals surface area (Å²) in [6, 6.07) is 0. The van der Waals surface area contributed by atoms with Crippen LogP contribution in [0.5, 0.6) is 0 Å². The third kappa shape index (κ3) is 7.56. The van der Waals surface area contributed by atoms with Gasteiger partial charge < -0.3 is 35.0 Å². The van der Waals surface area contributed by atoms with E-state index in [0.717, 1.165) is 5.92 Å². The van der Waals surface area contributed by atoms with Crippen LogP contribution in [-0.4, -0.2) is 38.6 Å². The molecule has 1 N–H and O–H groups in total. The van der Waals surface area contributed by atoms with Gasteiger partial charge in [0, 0.05) is 0 Å². The maximum atomic E-state index is 3.39. The van der Waals surface area contributed by atoms with Gasteiger partial charge in [-0.25, -0.2) is 0 Å². The zero-order valence-corrected chi connectivity index (χ0v) is 10.0. The van der Waals surface area contributed by atoms with Crippen molar-refractivity contribution in [2.24, 2.45) is 5.92 Å². The minimum absolute atomic E-state index is 0. The van der Waals surface area contributed by atoms with Gasteiger partial charge in [0.2, 0.25) is 0 Å². The molecule has 1 aliphatic rings. The SMILES string of the molecule is CN(C)CCC1CCNCC1.[Cl-].[Cl-]. The molecule has 1 rings (SSSR count). The van der Waals surface area contributed by atoms with E-state index in [1.165, 1.54) is 38.9 Å². The van der Waals surface area contributed by atoms with Crippen molar-refractivity contribution in [3.8, 4) is 0 Å². The summed E-state index contributed by atoms with van der Waals surface area (Å²) in [6.07, 6.45) is 4.15. The van der Waals surface area contributed by atoms with E-state index >= 15 is 0 Å². The van der Waals surface area contributed by atoms with Gasteiger partial charge in [-0.1, -0.05) is 0 Å². The lowest BCUT2D eigenvalue weighted by Gasteiger charge is -2.23. The molecule has 2 nitrogen and oxygen atoms in total. The molecular weight excluding hydrogens is 207 g/mol. The summed E-state index contributed by atoms with van der Waals surface area (Å²) >= 11 is 0. The monoisotopic (exact) mass is 226 g/mol. The lowest BCUT2D eigenvalue weighted by atomic mass is 9.95. The first-order valence-corrected chi connectivity index (χ1v) is 4.64. The normalized spacial score (nSPS) is 17.8. The first-order chi connectivity index (χ1) is 5.29. The lowest BCUT2D eigenvalue weighted by Crippen LogP contribution is -3.00. The fourth-order valence-electron chi connectivity index (χ4n) is 1.61. The summed E-state index contributed by atoms with van der Waals surface area (Å²) in [7, 11) is 4.31. The van der Waals surface area contributed by atoms with Gasteiger partial charge >= 0.3 is 0 Å². The summed E-state index contributed by atoms with van der Waals surface area (Å²) in [5, 5.41) is 3.39. The third-order valence-corrected chi connectivity index (χ3v) is 2.44. The summed E-state index contributed by atoms with van der Waals surface area (Å²) < 4.78 is 0. The van der Waals surface area contributed by atoms with Crippen LogP contribution in [0.4, 0.5) is 0 Å². The highest BCUT2D eigenvalue weighted by atomic mass is 35.5. The van der Waals surface area contributed by atoms with Crippen molar-refractivity contribution in [1.82, 2.24) is 10.2 Å². The van der Waals surface area contributed by atoms with Crippen LogP contribution < -0.4 is 30.1 Å². The number of hydrogen-bond donors (Lipinski definition) is 1. The second-order valence-corrected chi connectivity index (χ2v) is 3.79. The molecule has 1 heterocycles. The predicted octanol–water partition coefficient (Wildman–Crippen LogP) is -5.05. The number of piperidine rings is 1. The summed E-state index contributed by atoms with van der Waals surface area (Å²) in [4.78, 5) is 2.28. The predicted molar refractivity (Wildman–Crippen MR) is 48.8 cm³/mol. The molecule has 0 spiro atoms. The highest BCUT2D eigenvalue weighted by Crippen LogP contribution is 2.15. The Hall–Kier alpha value is 0.500. The van der Waals surface area contributed by atoms with Crippen LogP contribution >= 0.6 is 0 Å². The number of nitrogens with zero attached hydrogens (tertiary/aromatic N) is 1. The summed E-state index contributed by atoms with van der Waals surface area (Å²) in [5.41, 5.74) is 0. The van der Waals surface area contributed by atoms with E-state index in [4.69, 9.17) is 0 Å². The van der Waals surface area contributed by atoms with Gasteiger partial charge in [0.25, 0.3) is 0 Å². The molecule has 82 valence electrons. The molecule has 0 aliphatic carbocycles. The first-order valence-electron chi connectivity index (χ1n) is 4.64. The van der Waals surface area contributed by atoms with E-state index < -0.39 is 0 Å². The molecule has 0 aromatic heterocycles. The number of hydrogen-bond acceptors (Lipinski definition) is 2. The fourth-order valence-corrected chi connectivity index (χ4v) is 1.61. The smallest absolute Gasteiger partial charge is 0.00222 e. The maximum absolute atomic E-state index is 3.39. The fraction of sp³-hybridized carbons (Fsp3) is 1.00. The zero-order chi connectivity index (χ0) is 8.10. The topological polar surface area (TPSA) is 15.3 Å². The van der Waals surface area contributed by atoms with E-state index in [1.54, 1.807) is 0 Å². The molecule has 13 heavy (non-hydrogen) atoms. The third-order valence-electron chi connectivity index (χ3n) is 2.44. The number of rotatable bonds is 3. The Morgan fingerprint density at radius 1 is 1.15 bits per heavy atom. The van der Waals surface area contributed by atoms with Gasteiger partial charge in [-0.15, -0.1) is 0 Å². The lowest BCUT2D eigenvalue weighted by molar-refractivity contribution is -0.00100. The Morgan fingerprint density at radius 3 is 2.15 bits per heavy atom. The molecule has 1 aliphatic heterocycles. The Balaban J connectivity index is 0. The van der Waals surface area contributed by atoms with Crippen LogP contribution in [0.1, 0.15) is 19.3 Å². The summed E-state index contributed by atoms with van der Waals surface area (Å²) in [6.45, 7) is 3.72. The van der Waals surface area contributed by atoms with Crippen LogP contribution in [0.25, 0.3) is 0 Å². The minimum atomic E-state index is 0. The van der Waals surface area contributed by atoms with Crippen molar-refractivity contribution >= 4 is 0 Å². The van der Waals surface area contributed by atoms with Gasteiger partial charge in [0.15, 0.2) is 0 Å². The van der Waals surface area contributed by atoms with E-state index in [1.807, 2.05) is 0 Å². The van der Waals surface area contributed by atoms with Crippen molar-refractivity contribution in [3.05, 3.63) is 0 Å². The largest absolute Gasteiger partial charge is 1.00 e. The molecule has 4 heteroatoms. The molecule has 0 unspecified atom stereocenters. The van der Waals surface area contributed by atoms with Crippen LogP contribution in [0, 0.1) is 5.92 Å². The molecule has 0 saturated carbocycles. The van der Waals surface area contributed by atoms with Crippen LogP contribution in [0.15, 0.2) is 0 Å². The Morgan fingerprint density at radius 2 is 1.69 bits per heavy atom. The maximum Gasteiger partial charge on any atom is -0.00222 e. The van der Waals surface area contributed by atoms with Crippen molar-refractivity contribution in [1.29, 1.82) is 0 Å². The quantitative estimate of drug-likeness (QED) is 0.519. The molecule has 0 aromatic carbocycles. The standard InChI is InChI=1S/C9H20N2.2ClH/c1-11(2)8-5-9-3-6-10-7-4-9;;/h9-10H,3-8H2,1-2H3;2*1H/p-2. The molecular formula is C9H20Cl2N2-2. The zero-order valence-electron chi connectivity index (χ0n) is 8.52. The van der Waals surface area contributed by atoms with Crippen LogP contribution in [-0.2, 0) is 0 Å². The van der Waals surface area contributed by atoms with Gasteiger partial charge in [-0.2, -0.15) is 0 Å². The van der Waals surface area contributed by atoms with Gasteiger partial charge in [0.05, 0.1) is 0 Å². The first kappa shape index (κ1) is 15.9. The number of halogens is 2. The van der Waals surface area contributed by atoms with E-state index in [2.05, 4.69) is 24.3 Å². The van der Waals surface area contributed by atoms with Crippen LogP contribution in [0.2, 0.25) is 0 Å². The molecule has 0 aromatic rings. The average molecular weight is 227 g/mol. The Bertz CT molecular complexity index is 104. The number of nitrogens with one attached hydrogen (secondary N) is 1. The average Bonchev–Trinajstić information content (AvgIpc) is 2.03.